The van der Waals surface area contributed by atoms with Crippen LogP contribution in [0.4, 0.5) is 14.6 Å². The van der Waals surface area contributed by atoms with Crippen LogP contribution in [0.5, 0.6) is 0 Å². The van der Waals surface area contributed by atoms with Crippen molar-refractivity contribution in [1.82, 2.24) is 20.5 Å². The molecule has 0 bridgehead atoms. The molecule has 2 aromatic heterocycles. The third-order valence-corrected chi connectivity index (χ3v) is 6.89. The number of anilines is 1. The molecule has 2 saturated carbocycles. The van der Waals surface area contributed by atoms with E-state index in [1.165, 1.54) is 18.3 Å². The number of aliphatic hydroxyl groups is 1. The van der Waals surface area contributed by atoms with E-state index in [4.69, 9.17) is 0 Å². The van der Waals surface area contributed by atoms with Crippen molar-refractivity contribution in [2.75, 3.05) is 11.9 Å². The lowest BCUT2D eigenvalue weighted by Gasteiger charge is -2.44. The zero-order valence-corrected chi connectivity index (χ0v) is 19.3. The van der Waals surface area contributed by atoms with Gasteiger partial charge in [-0.1, -0.05) is 12.1 Å². The molecule has 1 amide bonds. The number of rotatable bonds is 7. The summed E-state index contributed by atoms with van der Waals surface area (Å²) in [5.74, 6) is -0.149. The summed E-state index contributed by atoms with van der Waals surface area (Å²) in [6, 6.07) is 13.5. The number of nitrogens with zero attached hydrogens (tertiary/aromatic N) is 3. The summed E-state index contributed by atoms with van der Waals surface area (Å²) in [6.07, 6.45) is 2.02. The van der Waals surface area contributed by atoms with Crippen molar-refractivity contribution in [3.05, 3.63) is 71.8 Å². The lowest BCUT2D eigenvalue weighted by molar-refractivity contribution is -0.0366. The first kappa shape index (κ1) is 23.3. The molecule has 5 rings (SSSR count). The molecular formula is C26H27F2N5O2. The van der Waals surface area contributed by atoms with Gasteiger partial charge in [0, 0.05) is 35.3 Å². The van der Waals surface area contributed by atoms with E-state index in [0.29, 0.717) is 36.5 Å². The number of benzene rings is 1. The van der Waals surface area contributed by atoms with Gasteiger partial charge in [-0.15, -0.1) is 10.2 Å². The van der Waals surface area contributed by atoms with E-state index in [1.54, 1.807) is 37.3 Å². The minimum Gasteiger partial charge on any atom is -0.390 e. The number of aromatic nitrogens is 3. The van der Waals surface area contributed by atoms with E-state index in [0.717, 1.165) is 5.56 Å². The van der Waals surface area contributed by atoms with Gasteiger partial charge < -0.3 is 15.7 Å². The SMILES string of the molecule is CC1(O)CC(NC(=O)c2cccc(-c3ccc(NC[C@]4(c5ncccc5F)C[C@H](F)C4)nn3)c2)C1. The van der Waals surface area contributed by atoms with Crippen LogP contribution < -0.4 is 10.6 Å². The van der Waals surface area contributed by atoms with Gasteiger partial charge in [-0.05, 0) is 69.0 Å². The molecule has 0 radical (unpaired) electrons. The van der Waals surface area contributed by atoms with Crippen molar-refractivity contribution >= 4 is 11.7 Å². The third-order valence-electron chi connectivity index (χ3n) is 6.89. The smallest absolute Gasteiger partial charge is 0.251 e. The quantitative estimate of drug-likeness (QED) is 0.477. The van der Waals surface area contributed by atoms with Crippen molar-refractivity contribution in [1.29, 1.82) is 0 Å². The summed E-state index contributed by atoms with van der Waals surface area (Å²) in [4.78, 5) is 16.7. The van der Waals surface area contributed by atoms with Gasteiger partial charge >= 0.3 is 0 Å². The normalized spacial score (nSPS) is 27.4. The topological polar surface area (TPSA) is 100 Å². The van der Waals surface area contributed by atoms with E-state index in [9.17, 15) is 18.7 Å². The van der Waals surface area contributed by atoms with E-state index >= 15 is 0 Å². The Morgan fingerprint density at radius 2 is 1.91 bits per heavy atom. The van der Waals surface area contributed by atoms with Crippen LogP contribution in [-0.4, -0.2) is 50.6 Å². The lowest BCUT2D eigenvalue weighted by Crippen LogP contribution is -2.53. The Bertz CT molecular complexity index is 1220. The van der Waals surface area contributed by atoms with E-state index < -0.39 is 23.0 Å². The van der Waals surface area contributed by atoms with Crippen molar-refractivity contribution in [3.63, 3.8) is 0 Å². The Labute approximate surface area is 202 Å². The van der Waals surface area contributed by atoms with Gasteiger partial charge in [0.1, 0.15) is 17.8 Å². The molecule has 3 N–H and O–H groups in total. The fraction of sp³-hybridized carbons (Fsp3) is 0.385. The Kier molecular flexibility index (Phi) is 5.96. The van der Waals surface area contributed by atoms with E-state index in [2.05, 4.69) is 25.8 Å². The zero-order chi connectivity index (χ0) is 24.6. The molecule has 7 nitrogen and oxygen atoms in total. The van der Waals surface area contributed by atoms with Crippen molar-refractivity contribution in [2.45, 2.75) is 55.8 Å². The molecule has 0 atom stereocenters. The summed E-state index contributed by atoms with van der Waals surface area (Å²) in [5, 5.41) is 24.4. The first-order valence-electron chi connectivity index (χ1n) is 11.7. The summed E-state index contributed by atoms with van der Waals surface area (Å²) in [6.45, 7) is 2.05. The minimum atomic E-state index is -0.978. The predicted octanol–water partition coefficient (Wildman–Crippen LogP) is 3.80. The predicted molar refractivity (Wildman–Crippen MR) is 127 cm³/mol. The monoisotopic (exact) mass is 479 g/mol. The highest BCUT2D eigenvalue weighted by atomic mass is 19.1. The molecule has 35 heavy (non-hydrogen) atoms. The Balaban J connectivity index is 1.24. The standard InChI is InChI=1S/C26H27F2N5O2/c1-25(35)13-19(14-25)31-24(34)17-5-2-4-16(10-17)21-7-8-22(33-32-21)30-15-26(11-18(27)12-26)23-20(28)6-3-9-29-23/h2-10,18-19,35H,11-15H2,1H3,(H,30,33)(H,31,34)/t18-,19?,25?,26-. The average molecular weight is 480 g/mol. The second-order valence-corrected chi connectivity index (χ2v) is 9.93. The number of carbonyl (C=O) groups is 1. The summed E-state index contributed by atoms with van der Waals surface area (Å²) >= 11 is 0. The van der Waals surface area contributed by atoms with E-state index in [1.807, 2.05) is 6.07 Å². The summed E-state index contributed by atoms with van der Waals surface area (Å²) in [5.41, 5.74) is 0.678. The third kappa shape index (κ3) is 4.86. The highest BCUT2D eigenvalue weighted by Gasteiger charge is 2.48. The minimum absolute atomic E-state index is 0.0301. The maximum Gasteiger partial charge on any atom is 0.251 e. The zero-order valence-electron chi connectivity index (χ0n) is 19.3. The number of hydrogen-bond donors (Lipinski definition) is 3. The number of alkyl halides is 1. The van der Waals surface area contributed by atoms with Crippen molar-refractivity contribution in [2.24, 2.45) is 0 Å². The molecule has 9 heteroatoms. The highest BCUT2D eigenvalue weighted by Crippen LogP contribution is 2.45. The van der Waals surface area contributed by atoms with Gasteiger partial charge in [-0.2, -0.15) is 0 Å². The number of halogens is 2. The molecule has 1 aromatic carbocycles. The molecule has 2 fully saturated rings. The first-order chi connectivity index (χ1) is 16.7. The Hall–Kier alpha value is -3.46. The van der Waals surface area contributed by atoms with Crippen LogP contribution >= 0.6 is 0 Å². The maximum absolute atomic E-state index is 14.3. The largest absolute Gasteiger partial charge is 0.390 e. The molecule has 0 unspecified atom stereocenters. The molecule has 2 heterocycles. The van der Waals surface area contributed by atoms with Gasteiger partial charge in [0.15, 0.2) is 0 Å². The lowest BCUT2D eigenvalue weighted by atomic mass is 9.65. The molecule has 182 valence electrons. The molecule has 0 spiro atoms. The van der Waals surface area contributed by atoms with Gasteiger partial charge in [0.05, 0.1) is 17.0 Å². The number of amides is 1. The fourth-order valence-corrected chi connectivity index (χ4v) is 5.02. The number of hydrogen-bond acceptors (Lipinski definition) is 6. The number of nitrogens with one attached hydrogen (secondary N) is 2. The van der Waals surface area contributed by atoms with Crippen LogP contribution in [0.2, 0.25) is 0 Å². The van der Waals surface area contributed by atoms with Crippen LogP contribution in [0, 0.1) is 5.82 Å². The number of pyridine rings is 1. The highest BCUT2D eigenvalue weighted by molar-refractivity contribution is 5.95. The summed E-state index contributed by atoms with van der Waals surface area (Å²) in [7, 11) is 0. The first-order valence-corrected chi connectivity index (χ1v) is 11.7. The molecule has 0 aliphatic heterocycles. The maximum atomic E-state index is 14.3. The van der Waals surface area contributed by atoms with Crippen LogP contribution in [-0.2, 0) is 5.41 Å². The van der Waals surface area contributed by atoms with Crippen molar-refractivity contribution < 1.29 is 18.7 Å². The van der Waals surface area contributed by atoms with Gasteiger partial charge in [-0.3, -0.25) is 9.78 Å². The summed E-state index contributed by atoms with van der Waals surface area (Å²) < 4.78 is 28.1. The fourth-order valence-electron chi connectivity index (χ4n) is 5.02. The van der Waals surface area contributed by atoms with Crippen LogP contribution in [0.3, 0.4) is 0 Å². The van der Waals surface area contributed by atoms with Crippen LogP contribution in [0.1, 0.15) is 48.7 Å². The molecule has 2 aliphatic rings. The molecule has 3 aromatic rings. The van der Waals surface area contributed by atoms with Crippen molar-refractivity contribution in [3.8, 4) is 11.3 Å². The molecular weight excluding hydrogens is 452 g/mol. The second kappa shape index (κ2) is 8.96. The van der Waals surface area contributed by atoms with Gasteiger partial charge in [0.2, 0.25) is 0 Å². The van der Waals surface area contributed by atoms with Gasteiger partial charge in [-0.25, -0.2) is 8.78 Å². The average Bonchev–Trinajstić information content (AvgIpc) is 2.81. The number of carbonyl (C=O) groups excluding carboxylic acids is 1. The Morgan fingerprint density at radius 1 is 1.11 bits per heavy atom. The molecule has 0 saturated heterocycles. The van der Waals surface area contributed by atoms with Crippen LogP contribution in [0.25, 0.3) is 11.3 Å². The second-order valence-electron chi connectivity index (χ2n) is 9.93. The van der Waals surface area contributed by atoms with Crippen LogP contribution in [0.15, 0.2) is 54.7 Å². The Morgan fingerprint density at radius 3 is 2.57 bits per heavy atom. The van der Waals surface area contributed by atoms with E-state index in [-0.39, 0.29) is 30.5 Å². The molecule has 2 aliphatic carbocycles. The van der Waals surface area contributed by atoms with Gasteiger partial charge in [0.25, 0.3) is 5.91 Å².